The predicted molar refractivity (Wildman–Crippen MR) is 51.2 cm³/mol. The van der Waals surface area contributed by atoms with Crippen molar-refractivity contribution >= 4 is 11.4 Å². The van der Waals surface area contributed by atoms with Gasteiger partial charge in [-0.1, -0.05) is 6.07 Å². The highest BCUT2D eigenvalue weighted by Crippen LogP contribution is 2.15. The Kier molecular flexibility index (Phi) is 1.46. The summed E-state index contributed by atoms with van der Waals surface area (Å²) >= 11 is 0. The largest absolute Gasteiger partial charge is 0.304 e. The van der Waals surface area contributed by atoms with Gasteiger partial charge in [-0.25, -0.2) is 4.98 Å². The van der Waals surface area contributed by atoms with Gasteiger partial charge in [-0.05, 0) is 12.1 Å². The number of ketones is 1. The third-order valence-corrected chi connectivity index (χ3v) is 2.44. The van der Waals surface area contributed by atoms with Crippen molar-refractivity contribution < 1.29 is 4.79 Å². The lowest BCUT2D eigenvalue weighted by atomic mass is 10.1. The minimum atomic E-state index is 0.116. The maximum absolute atomic E-state index is 11.6. The number of rotatable bonds is 0. The highest BCUT2D eigenvalue weighted by molar-refractivity contribution is 5.98. The molecular formula is C10H9N3O. The van der Waals surface area contributed by atoms with Crippen molar-refractivity contribution in [2.24, 2.45) is 0 Å². The number of hydrogen-bond acceptors (Lipinski definition) is 3. The van der Waals surface area contributed by atoms with E-state index in [2.05, 4.69) is 10.3 Å². The molecule has 0 saturated carbocycles. The fourth-order valence-electron chi connectivity index (χ4n) is 1.84. The smallest absolute Gasteiger partial charge is 0.195 e. The minimum absolute atomic E-state index is 0.116. The summed E-state index contributed by atoms with van der Waals surface area (Å²) in [7, 11) is 0. The van der Waals surface area contributed by atoms with Crippen LogP contribution in [0.15, 0.2) is 24.4 Å². The van der Waals surface area contributed by atoms with Crippen molar-refractivity contribution in [3.05, 3.63) is 35.8 Å². The summed E-state index contributed by atoms with van der Waals surface area (Å²) in [5.74, 6) is 0.116. The quantitative estimate of drug-likeness (QED) is 0.657. The summed E-state index contributed by atoms with van der Waals surface area (Å²) in [6.07, 6.45) is 1.88. The standard InChI is InChI=1S/C10H9N3O/c14-8-6-11-5-7-10(8)13-4-2-1-3-9(13)12-7/h1-4,11H,5-6H2. The third kappa shape index (κ3) is 0.914. The molecule has 4 heteroatoms. The van der Waals surface area contributed by atoms with Crippen LogP contribution in [-0.2, 0) is 6.54 Å². The molecule has 0 unspecified atom stereocenters. The first kappa shape index (κ1) is 7.70. The Morgan fingerprint density at radius 2 is 2.29 bits per heavy atom. The average Bonchev–Trinajstić information content (AvgIpc) is 2.57. The number of carbonyl (C=O) groups is 1. The molecule has 3 rings (SSSR count). The van der Waals surface area contributed by atoms with E-state index in [9.17, 15) is 4.79 Å². The van der Waals surface area contributed by atoms with E-state index in [4.69, 9.17) is 0 Å². The lowest BCUT2D eigenvalue weighted by Gasteiger charge is -2.10. The molecular weight excluding hydrogens is 178 g/mol. The maximum atomic E-state index is 11.6. The number of Topliss-reactive ketones (excluding diaryl/α,β-unsaturated/α-hetero) is 1. The number of nitrogens with one attached hydrogen (secondary N) is 1. The summed E-state index contributed by atoms with van der Waals surface area (Å²) in [5.41, 5.74) is 2.43. The molecule has 70 valence electrons. The summed E-state index contributed by atoms with van der Waals surface area (Å²) in [5, 5.41) is 3.03. The molecule has 14 heavy (non-hydrogen) atoms. The van der Waals surface area contributed by atoms with E-state index >= 15 is 0 Å². The summed E-state index contributed by atoms with van der Waals surface area (Å²) in [6, 6.07) is 5.74. The van der Waals surface area contributed by atoms with Gasteiger partial charge in [-0.15, -0.1) is 0 Å². The van der Waals surface area contributed by atoms with Crippen LogP contribution in [0.2, 0.25) is 0 Å². The number of fused-ring (bicyclic) bond motifs is 3. The van der Waals surface area contributed by atoms with Gasteiger partial charge in [0.05, 0.1) is 12.2 Å². The topological polar surface area (TPSA) is 46.4 Å². The number of nitrogens with zero attached hydrogens (tertiary/aromatic N) is 2. The Bertz CT molecular complexity index is 515. The van der Waals surface area contributed by atoms with Crippen molar-refractivity contribution in [2.45, 2.75) is 6.54 Å². The Morgan fingerprint density at radius 1 is 1.36 bits per heavy atom. The number of hydrogen-bond donors (Lipinski definition) is 1. The van der Waals surface area contributed by atoms with Crippen LogP contribution in [0.1, 0.15) is 16.2 Å². The molecule has 0 radical (unpaired) electrons. The molecule has 1 aliphatic heterocycles. The number of carbonyl (C=O) groups excluding carboxylic acids is 1. The zero-order valence-corrected chi connectivity index (χ0v) is 7.53. The fraction of sp³-hybridized carbons (Fsp3) is 0.200. The van der Waals surface area contributed by atoms with E-state index in [1.54, 1.807) is 0 Å². The molecule has 0 spiro atoms. The van der Waals surface area contributed by atoms with Crippen molar-refractivity contribution in [1.82, 2.24) is 14.7 Å². The van der Waals surface area contributed by atoms with Crippen LogP contribution in [0.3, 0.4) is 0 Å². The van der Waals surface area contributed by atoms with E-state index in [1.807, 2.05) is 28.8 Å². The van der Waals surface area contributed by atoms with Crippen molar-refractivity contribution in [3.63, 3.8) is 0 Å². The summed E-state index contributed by atoms with van der Waals surface area (Å²) in [4.78, 5) is 16.0. The number of aromatic nitrogens is 2. The monoisotopic (exact) mass is 187 g/mol. The van der Waals surface area contributed by atoms with Crippen LogP contribution in [0.4, 0.5) is 0 Å². The van der Waals surface area contributed by atoms with Crippen LogP contribution >= 0.6 is 0 Å². The van der Waals surface area contributed by atoms with Gasteiger partial charge in [0.1, 0.15) is 11.3 Å². The van der Waals surface area contributed by atoms with Crippen LogP contribution in [0.25, 0.3) is 5.65 Å². The van der Waals surface area contributed by atoms with Crippen LogP contribution in [0.5, 0.6) is 0 Å². The predicted octanol–water partition coefficient (Wildman–Crippen LogP) is 0.620. The molecule has 0 amide bonds. The number of imidazole rings is 1. The second-order valence-corrected chi connectivity index (χ2v) is 3.36. The van der Waals surface area contributed by atoms with Gasteiger partial charge in [0.2, 0.25) is 0 Å². The maximum Gasteiger partial charge on any atom is 0.195 e. The first-order valence-corrected chi connectivity index (χ1v) is 4.56. The Hall–Kier alpha value is -1.68. The van der Waals surface area contributed by atoms with Gasteiger partial charge in [-0.3, -0.25) is 9.20 Å². The second-order valence-electron chi connectivity index (χ2n) is 3.36. The molecule has 0 aliphatic carbocycles. The Morgan fingerprint density at radius 3 is 3.21 bits per heavy atom. The zero-order chi connectivity index (χ0) is 9.54. The zero-order valence-electron chi connectivity index (χ0n) is 7.53. The molecule has 0 aromatic carbocycles. The molecule has 1 aliphatic rings. The molecule has 1 N–H and O–H groups in total. The van der Waals surface area contributed by atoms with E-state index in [1.165, 1.54) is 0 Å². The molecule has 4 nitrogen and oxygen atoms in total. The van der Waals surface area contributed by atoms with Crippen molar-refractivity contribution in [1.29, 1.82) is 0 Å². The van der Waals surface area contributed by atoms with E-state index in [-0.39, 0.29) is 5.78 Å². The molecule has 0 bridgehead atoms. The van der Waals surface area contributed by atoms with Crippen molar-refractivity contribution in [2.75, 3.05) is 6.54 Å². The van der Waals surface area contributed by atoms with Gasteiger partial charge < -0.3 is 5.32 Å². The molecule has 0 fully saturated rings. The van der Waals surface area contributed by atoms with Crippen LogP contribution in [-0.4, -0.2) is 21.7 Å². The minimum Gasteiger partial charge on any atom is -0.304 e. The van der Waals surface area contributed by atoms with E-state index in [0.29, 0.717) is 13.1 Å². The highest BCUT2D eigenvalue weighted by Gasteiger charge is 2.22. The molecule has 2 aromatic rings. The van der Waals surface area contributed by atoms with Gasteiger partial charge in [0, 0.05) is 12.7 Å². The Balaban J connectivity index is 2.39. The van der Waals surface area contributed by atoms with E-state index < -0.39 is 0 Å². The average molecular weight is 187 g/mol. The second kappa shape index (κ2) is 2.65. The van der Waals surface area contributed by atoms with Crippen LogP contribution in [0, 0.1) is 0 Å². The molecule has 2 aromatic heterocycles. The van der Waals surface area contributed by atoms with Gasteiger partial charge in [0.15, 0.2) is 5.78 Å². The lowest BCUT2D eigenvalue weighted by Crippen LogP contribution is -2.30. The number of pyridine rings is 1. The summed E-state index contributed by atoms with van der Waals surface area (Å²) in [6.45, 7) is 1.10. The first-order valence-electron chi connectivity index (χ1n) is 4.56. The van der Waals surface area contributed by atoms with Gasteiger partial charge >= 0.3 is 0 Å². The van der Waals surface area contributed by atoms with Crippen molar-refractivity contribution in [3.8, 4) is 0 Å². The van der Waals surface area contributed by atoms with E-state index in [0.717, 1.165) is 17.0 Å². The SMILES string of the molecule is O=C1CNCc2nc3ccccn3c21. The van der Waals surface area contributed by atoms with Crippen LogP contribution < -0.4 is 5.32 Å². The Labute approximate surface area is 80.6 Å². The highest BCUT2D eigenvalue weighted by atomic mass is 16.1. The third-order valence-electron chi connectivity index (χ3n) is 2.44. The summed E-state index contributed by atoms with van der Waals surface area (Å²) < 4.78 is 1.86. The molecule has 3 heterocycles. The fourth-order valence-corrected chi connectivity index (χ4v) is 1.84. The first-order chi connectivity index (χ1) is 6.86. The molecule has 0 saturated heterocycles. The molecule has 0 atom stereocenters. The van der Waals surface area contributed by atoms with Gasteiger partial charge in [-0.2, -0.15) is 0 Å². The normalized spacial score (nSPS) is 15.9. The van der Waals surface area contributed by atoms with Gasteiger partial charge in [0.25, 0.3) is 0 Å². The lowest BCUT2D eigenvalue weighted by molar-refractivity contribution is 0.0976.